The molecule has 4 heteroatoms. The first kappa shape index (κ1) is 15.5. The van der Waals surface area contributed by atoms with Gasteiger partial charge in [0.2, 0.25) is 5.91 Å². The van der Waals surface area contributed by atoms with Crippen molar-refractivity contribution in [1.29, 1.82) is 0 Å². The topological polar surface area (TPSA) is 64.3 Å². The van der Waals surface area contributed by atoms with Gasteiger partial charge in [-0.05, 0) is 43.5 Å². The molecule has 0 unspecified atom stereocenters. The lowest BCUT2D eigenvalue weighted by atomic mass is 10.1. The molecule has 0 aliphatic rings. The van der Waals surface area contributed by atoms with Crippen LogP contribution in [0.25, 0.3) is 0 Å². The summed E-state index contributed by atoms with van der Waals surface area (Å²) < 4.78 is 5.10. The lowest BCUT2D eigenvalue weighted by molar-refractivity contribution is -0.121. The van der Waals surface area contributed by atoms with E-state index < -0.39 is 0 Å². The highest BCUT2D eigenvalue weighted by atomic mass is 16.5. The first-order valence-electron chi connectivity index (χ1n) is 6.86. The van der Waals surface area contributed by atoms with Gasteiger partial charge in [-0.3, -0.25) is 4.79 Å². The number of nitrogens with one attached hydrogen (secondary N) is 1. The van der Waals surface area contributed by atoms with Crippen LogP contribution >= 0.6 is 0 Å². The lowest BCUT2D eigenvalue weighted by Crippen LogP contribution is -2.25. The van der Waals surface area contributed by atoms with Crippen LogP contribution in [0.2, 0.25) is 0 Å². The third-order valence-corrected chi connectivity index (χ3v) is 3.00. The van der Waals surface area contributed by atoms with Crippen molar-refractivity contribution in [3.05, 3.63) is 29.8 Å². The molecule has 1 aromatic carbocycles. The van der Waals surface area contributed by atoms with Crippen molar-refractivity contribution in [2.75, 3.05) is 20.2 Å². The number of ether oxygens (including phenoxy) is 1. The minimum atomic E-state index is 0.130. The van der Waals surface area contributed by atoms with Gasteiger partial charge in [0.25, 0.3) is 0 Å². The van der Waals surface area contributed by atoms with Gasteiger partial charge in [0.15, 0.2) is 0 Å². The number of amides is 1. The van der Waals surface area contributed by atoms with Gasteiger partial charge in [-0.2, -0.15) is 0 Å². The van der Waals surface area contributed by atoms with Gasteiger partial charge in [0, 0.05) is 13.0 Å². The fourth-order valence-corrected chi connectivity index (χ4v) is 1.83. The number of hydrogen-bond acceptors (Lipinski definition) is 3. The number of carbonyl (C=O) groups excluding carboxylic acids is 1. The van der Waals surface area contributed by atoms with Gasteiger partial charge < -0.3 is 15.8 Å². The fraction of sp³-hybridized carbons (Fsp3) is 0.533. The van der Waals surface area contributed by atoms with E-state index in [1.807, 2.05) is 24.3 Å². The van der Waals surface area contributed by atoms with Gasteiger partial charge >= 0.3 is 0 Å². The van der Waals surface area contributed by atoms with E-state index in [0.717, 1.165) is 31.4 Å². The number of carbonyl (C=O) groups is 1. The van der Waals surface area contributed by atoms with Crippen LogP contribution < -0.4 is 15.8 Å². The van der Waals surface area contributed by atoms with Gasteiger partial charge in [-0.15, -0.1) is 0 Å². The number of methoxy groups -OCH3 is 1. The number of benzene rings is 1. The van der Waals surface area contributed by atoms with E-state index in [2.05, 4.69) is 5.32 Å². The van der Waals surface area contributed by atoms with Crippen LogP contribution in [-0.2, 0) is 11.2 Å². The number of nitrogens with two attached hydrogens (primary N) is 1. The Kier molecular flexibility index (Phi) is 7.66. The maximum absolute atomic E-state index is 11.5. The summed E-state index contributed by atoms with van der Waals surface area (Å²) in [5.74, 6) is 0.984. The highest BCUT2D eigenvalue weighted by molar-refractivity contribution is 5.75. The third kappa shape index (κ3) is 6.82. The summed E-state index contributed by atoms with van der Waals surface area (Å²) in [5.41, 5.74) is 6.60. The second-order valence-electron chi connectivity index (χ2n) is 4.55. The SMILES string of the molecule is COc1ccc(CCNC(=O)CCCCCN)cc1. The maximum Gasteiger partial charge on any atom is 0.220 e. The van der Waals surface area contributed by atoms with E-state index in [9.17, 15) is 4.79 Å². The average Bonchev–Trinajstić information content (AvgIpc) is 2.44. The smallest absolute Gasteiger partial charge is 0.220 e. The zero-order valence-corrected chi connectivity index (χ0v) is 11.7. The van der Waals surface area contributed by atoms with Crippen LogP contribution in [0, 0.1) is 0 Å². The van der Waals surface area contributed by atoms with Crippen molar-refractivity contribution in [2.24, 2.45) is 5.73 Å². The first-order valence-corrected chi connectivity index (χ1v) is 6.86. The van der Waals surface area contributed by atoms with Crippen molar-refractivity contribution in [3.8, 4) is 5.75 Å². The maximum atomic E-state index is 11.5. The standard InChI is InChI=1S/C15H24N2O2/c1-19-14-8-6-13(7-9-14)10-12-17-15(18)5-3-2-4-11-16/h6-9H,2-5,10-12,16H2,1H3,(H,17,18). The molecule has 4 nitrogen and oxygen atoms in total. The van der Waals surface area contributed by atoms with Crippen LogP contribution in [0.15, 0.2) is 24.3 Å². The van der Waals surface area contributed by atoms with Crippen molar-refractivity contribution in [2.45, 2.75) is 32.1 Å². The van der Waals surface area contributed by atoms with Gasteiger partial charge in [-0.1, -0.05) is 18.6 Å². The van der Waals surface area contributed by atoms with Crippen LogP contribution in [0.3, 0.4) is 0 Å². The lowest BCUT2D eigenvalue weighted by Gasteiger charge is -2.06. The summed E-state index contributed by atoms with van der Waals surface area (Å²) in [6.07, 6.45) is 4.40. The van der Waals surface area contributed by atoms with Crippen LogP contribution in [0.5, 0.6) is 5.75 Å². The molecule has 0 atom stereocenters. The Balaban J connectivity index is 2.13. The Hall–Kier alpha value is -1.55. The Morgan fingerprint density at radius 3 is 2.58 bits per heavy atom. The molecule has 0 saturated carbocycles. The molecular formula is C15H24N2O2. The molecule has 106 valence electrons. The van der Waals surface area contributed by atoms with Crippen LogP contribution in [0.1, 0.15) is 31.2 Å². The molecule has 19 heavy (non-hydrogen) atoms. The highest BCUT2D eigenvalue weighted by Gasteiger charge is 2.01. The summed E-state index contributed by atoms with van der Waals surface area (Å²) in [6.45, 7) is 1.39. The molecule has 3 N–H and O–H groups in total. The predicted molar refractivity (Wildman–Crippen MR) is 77.2 cm³/mol. The van der Waals surface area contributed by atoms with Crippen molar-refractivity contribution < 1.29 is 9.53 Å². The van der Waals surface area contributed by atoms with E-state index in [0.29, 0.717) is 19.5 Å². The zero-order valence-electron chi connectivity index (χ0n) is 11.7. The van der Waals surface area contributed by atoms with Crippen LogP contribution in [0.4, 0.5) is 0 Å². The summed E-state index contributed by atoms with van der Waals surface area (Å²) in [5, 5.41) is 2.94. The Morgan fingerprint density at radius 1 is 1.21 bits per heavy atom. The van der Waals surface area contributed by atoms with Gasteiger partial charge in [0.1, 0.15) is 5.75 Å². The quantitative estimate of drug-likeness (QED) is 0.669. The number of rotatable bonds is 9. The number of unbranched alkanes of at least 4 members (excludes halogenated alkanes) is 2. The highest BCUT2D eigenvalue weighted by Crippen LogP contribution is 2.11. The van der Waals surface area contributed by atoms with Crippen LogP contribution in [-0.4, -0.2) is 26.1 Å². The van der Waals surface area contributed by atoms with E-state index >= 15 is 0 Å². The molecule has 0 radical (unpaired) electrons. The molecule has 1 amide bonds. The second-order valence-corrected chi connectivity index (χ2v) is 4.55. The molecule has 0 saturated heterocycles. The molecule has 0 aliphatic heterocycles. The Morgan fingerprint density at radius 2 is 1.95 bits per heavy atom. The summed E-state index contributed by atoms with van der Waals surface area (Å²) >= 11 is 0. The summed E-state index contributed by atoms with van der Waals surface area (Å²) in [6, 6.07) is 7.91. The number of hydrogen-bond donors (Lipinski definition) is 2. The molecule has 0 heterocycles. The van der Waals surface area contributed by atoms with E-state index in [4.69, 9.17) is 10.5 Å². The van der Waals surface area contributed by atoms with Gasteiger partial charge in [0.05, 0.1) is 7.11 Å². The largest absolute Gasteiger partial charge is 0.497 e. The first-order chi connectivity index (χ1) is 9.26. The van der Waals surface area contributed by atoms with Gasteiger partial charge in [-0.25, -0.2) is 0 Å². The second kappa shape index (κ2) is 9.39. The molecule has 1 rings (SSSR count). The summed E-state index contributed by atoms with van der Waals surface area (Å²) in [7, 11) is 1.65. The molecule has 0 spiro atoms. The third-order valence-electron chi connectivity index (χ3n) is 3.00. The molecular weight excluding hydrogens is 240 g/mol. The monoisotopic (exact) mass is 264 g/mol. The molecule has 0 bridgehead atoms. The van der Waals surface area contributed by atoms with Crippen molar-refractivity contribution in [3.63, 3.8) is 0 Å². The molecule has 0 aromatic heterocycles. The molecule has 0 aliphatic carbocycles. The Labute approximate surface area is 115 Å². The fourth-order valence-electron chi connectivity index (χ4n) is 1.83. The van der Waals surface area contributed by atoms with Crippen molar-refractivity contribution >= 4 is 5.91 Å². The molecule has 0 fully saturated rings. The van der Waals surface area contributed by atoms with Crippen molar-refractivity contribution in [1.82, 2.24) is 5.32 Å². The average molecular weight is 264 g/mol. The molecule has 1 aromatic rings. The Bertz CT molecular complexity index is 363. The minimum Gasteiger partial charge on any atom is -0.497 e. The predicted octanol–water partition coefficient (Wildman–Crippen LogP) is 1.87. The van der Waals surface area contributed by atoms with E-state index in [1.165, 1.54) is 5.56 Å². The normalized spacial score (nSPS) is 10.2. The van der Waals surface area contributed by atoms with E-state index in [-0.39, 0.29) is 5.91 Å². The minimum absolute atomic E-state index is 0.130. The summed E-state index contributed by atoms with van der Waals surface area (Å²) in [4.78, 5) is 11.5. The van der Waals surface area contributed by atoms with E-state index in [1.54, 1.807) is 7.11 Å². The zero-order chi connectivity index (χ0) is 13.9.